The van der Waals surface area contributed by atoms with Gasteiger partial charge in [0.05, 0.1) is 10.7 Å². The van der Waals surface area contributed by atoms with Crippen molar-refractivity contribution < 1.29 is 18.4 Å². The fraction of sp³-hybridized carbons (Fsp3) is 0.300. The SMILES string of the molecule is N/C(=N/O)C(CNc1ccc(I)cc1Cl)C(F)(F)F. The monoisotopic (exact) mass is 407 g/mol. The van der Waals surface area contributed by atoms with Gasteiger partial charge in [-0.25, -0.2) is 0 Å². The van der Waals surface area contributed by atoms with Crippen LogP contribution in [0.25, 0.3) is 0 Å². The van der Waals surface area contributed by atoms with E-state index < -0.39 is 24.5 Å². The molecule has 0 aliphatic heterocycles. The number of hydrogen-bond donors (Lipinski definition) is 3. The van der Waals surface area contributed by atoms with E-state index in [0.29, 0.717) is 10.7 Å². The predicted octanol–water partition coefficient (Wildman–Crippen LogP) is 3.28. The number of hydrogen-bond acceptors (Lipinski definition) is 3. The molecule has 1 rings (SSSR count). The normalized spacial score (nSPS) is 14.3. The highest BCUT2D eigenvalue weighted by Crippen LogP contribution is 2.29. The van der Waals surface area contributed by atoms with Crippen LogP contribution in [0.4, 0.5) is 18.9 Å². The minimum absolute atomic E-state index is 0.298. The highest BCUT2D eigenvalue weighted by Gasteiger charge is 2.42. The Balaban J connectivity index is 2.82. The molecule has 1 unspecified atom stereocenters. The van der Waals surface area contributed by atoms with Gasteiger partial charge in [0.1, 0.15) is 5.92 Å². The topological polar surface area (TPSA) is 70.6 Å². The summed E-state index contributed by atoms with van der Waals surface area (Å²) >= 11 is 7.91. The van der Waals surface area contributed by atoms with Gasteiger partial charge in [-0.3, -0.25) is 0 Å². The number of alkyl halides is 3. The molecule has 0 saturated heterocycles. The third-order valence-electron chi connectivity index (χ3n) is 2.30. The third kappa shape index (κ3) is 4.60. The molecular weight excluding hydrogens is 397 g/mol. The number of nitrogens with zero attached hydrogens (tertiary/aromatic N) is 1. The summed E-state index contributed by atoms with van der Waals surface area (Å²) in [5, 5.41) is 13.6. The van der Waals surface area contributed by atoms with Gasteiger partial charge in [0.15, 0.2) is 5.84 Å². The first kappa shape index (κ1) is 16.2. The van der Waals surface area contributed by atoms with Crippen LogP contribution >= 0.6 is 34.2 Å². The second kappa shape index (κ2) is 6.51. The number of rotatable bonds is 4. The number of nitrogens with two attached hydrogens (primary N) is 1. The fourth-order valence-electron chi connectivity index (χ4n) is 1.30. The summed E-state index contributed by atoms with van der Waals surface area (Å²) in [4.78, 5) is 0. The maximum atomic E-state index is 12.7. The van der Waals surface area contributed by atoms with Crippen molar-refractivity contribution in [1.82, 2.24) is 0 Å². The van der Waals surface area contributed by atoms with E-state index in [1.165, 1.54) is 0 Å². The van der Waals surface area contributed by atoms with Crippen LogP contribution in [-0.4, -0.2) is 23.8 Å². The second-order valence-corrected chi connectivity index (χ2v) is 5.28. The molecule has 0 aromatic heterocycles. The summed E-state index contributed by atoms with van der Waals surface area (Å²) in [6.07, 6.45) is -4.61. The Bertz CT molecular complexity index is 482. The van der Waals surface area contributed by atoms with Gasteiger partial charge >= 0.3 is 6.18 Å². The van der Waals surface area contributed by atoms with E-state index in [1.807, 2.05) is 22.6 Å². The number of halogens is 5. The predicted molar refractivity (Wildman–Crippen MR) is 75.6 cm³/mol. The van der Waals surface area contributed by atoms with Crippen molar-refractivity contribution in [3.8, 4) is 0 Å². The summed E-state index contributed by atoms with van der Waals surface area (Å²) < 4.78 is 38.9. The standard InChI is InChI=1S/C10H10ClF3IN3O/c11-7-3-5(15)1-2-8(7)17-4-6(9(16)18-19)10(12,13)14/h1-3,6,17,19H,4H2,(H2,16,18). The maximum absolute atomic E-state index is 12.7. The zero-order valence-electron chi connectivity index (χ0n) is 9.38. The molecule has 1 atom stereocenters. The molecule has 9 heteroatoms. The lowest BCUT2D eigenvalue weighted by atomic mass is 10.1. The Labute approximate surface area is 125 Å². The van der Waals surface area contributed by atoms with E-state index in [-0.39, 0.29) is 0 Å². The van der Waals surface area contributed by atoms with Crippen LogP contribution in [0.2, 0.25) is 5.02 Å². The molecule has 0 radical (unpaired) electrons. The van der Waals surface area contributed by atoms with Gasteiger partial charge in [0.2, 0.25) is 0 Å². The summed E-state index contributed by atoms with van der Waals surface area (Å²) in [5.74, 6) is -2.99. The molecule has 106 valence electrons. The molecule has 0 aliphatic rings. The molecule has 0 fully saturated rings. The van der Waals surface area contributed by atoms with Crippen molar-refractivity contribution in [2.75, 3.05) is 11.9 Å². The quantitative estimate of drug-likeness (QED) is 0.236. The third-order valence-corrected chi connectivity index (χ3v) is 3.28. The minimum atomic E-state index is -4.61. The lowest BCUT2D eigenvalue weighted by Gasteiger charge is -2.20. The van der Waals surface area contributed by atoms with Crippen LogP contribution in [0.1, 0.15) is 0 Å². The van der Waals surface area contributed by atoms with Crippen molar-refractivity contribution in [1.29, 1.82) is 0 Å². The highest BCUT2D eigenvalue weighted by atomic mass is 127. The van der Waals surface area contributed by atoms with Crippen LogP contribution in [0.3, 0.4) is 0 Å². The Morgan fingerprint density at radius 1 is 1.53 bits per heavy atom. The number of anilines is 1. The smallest absolute Gasteiger partial charge is 0.400 e. The van der Waals surface area contributed by atoms with Gasteiger partial charge in [0, 0.05) is 10.1 Å². The first-order valence-corrected chi connectivity index (χ1v) is 6.44. The van der Waals surface area contributed by atoms with Gasteiger partial charge in [-0.05, 0) is 40.8 Å². The van der Waals surface area contributed by atoms with Crippen molar-refractivity contribution >= 4 is 45.7 Å². The Morgan fingerprint density at radius 2 is 2.16 bits per heavy atom. The lowest BCUT2D eigenvalue weighted by molar-refractivity contribution is -0.152. The first-order valence-electron chi connectivity index (χ1n) is 4.98. The van der Waals surface area contributed by atoms with Gasteiger partial charge in [-0.2, -0.15) is 13.2 Å². The zero-order valence-corrected chi connectivity index (χ0v) is 12.3. The molecule has 4 N–H and O–H groups in total. The number of oxime groups is 1. The molecule has 0 amide bonds. The number of amidine groups is 1. The van der Waals surface area contributed by atoms with E-state index in [2.05, 4.69) is 10.5 Å². The Morgan fingerprint density at radius 3 is 2.63 bits per heavy atom. The molecule has 0 spiro atoms. The van der Waals surface area contributed by atoms with Gasteiger partial charge in [-0.1, -0.05) is 16.8 Å². The second-order valence-electron chi connectivity index (χ2n) is 3.62. The van der Waals surface area contributed by atoms with E-state index in [1.54, 1.807) is 18.2 Å². The highest BCUT2D eigenvalue weighted by molar-refractivity contribution is 14.1. The molecule has 19 heavy (non-hydrogen) atoms. The summed E-state index contributed by atoms with van der Waals surface area (Å²) in [6.45, 7) is -0.570. The Hall–Kier alpha value is -0.900. The van der Waals surface area contributed by atoms with E-state index in [0.717, 1.165) is 3.57 Å². The molecule has 1 aromatic carbocycles. The summed E-state index contributed by atoms with van der Waals surface area (Å²) in [7, 11) is 0. The van der Waals surface area contributed by atoms with Crippen LogP contribution in [0.15, 0.2) is 23.4 Å². The van der Waals surface area contributed by atoms with Crippen LogP contribution < -0.4 is 11.1 Å². The van der Waals surface area contributed by atoms with Crippen LogP contribution in [0.5, 0.6) is 0 Å². The molecule has 0 heterocycles. The average molecular weight is 408 g/mol. The van der Waals surface area contributed by atoms with E-state index >= 15 is 0 Å². The van der Waals surface area contributed by atoms with Gasteiger partial charge < -0.3 is 16.3 Å². The molecular formula is C10H10ClF3IN3O. The maximum Gasteiger partial charge on any atom is 0.400 e. The van der Waals surface area contributed by atoms with E-state index in [9.17, 15) is 13.2 Å². The largest absolute Gasteiger partial charge is 0.409 e. The molecule has 0 saturated carbocycles. The van der Waals surface area contributed by atoms with Crippen LogP contribution in [0, 0.1) is 9.49 Å². The van der Waals surface area contributed by atoms with Crippen molar-refractivity contribution in [3.63, 3.8) is 0 Å². The van der Waals surface area contributed by atoms with Crippen molar-refractivity contribution in [2.45, 2.75) is 6.18 Å². The fourth-order valence-corrected chi connectivity index (χ4v) is 2.23. The lowest BCUT2D eigenvalue weighted by Crippen LogP contribution is -2.40. The van der Waals surface area contributed by atoms with Gasteiger partial charge in [-0.15, -0.1) is 0 Å². The molecule has 0 aliphatic carbocycles. The summed E-state index contributed by atoms with van der Waals surface area (Å²) in [6, 6.07) is 4.86. The van der Waals surface area contributed by atoms with Crippen molar-refractivity contribution in [3.05, 3.63) is 26.8 Å². The summed E-state index contributed by atoms with van der Waals surface area (Å²) in [5.41, 5.74) is 5.38. The molecule has 4 nitrogen and oxygen atoms in total. The minimum Gasteiger partial charge on any atom is -0.409 e. The van der Waals surface area contributed by atoms with E-state index in [4.69, 9.17) is 22.5 Å². The number of nitrogens with one attached hydrogen (secondary N) is 1. The average Bonchev–Trinajstić information content (AvgIpc) is 2.29. The van der Waals surface area contributed by atoms with Gasteiger partial charge in [0.25, 0.3) is 0 Å². The number of benzene rings is 1. The van der Waals surface area contributed by atoms with Crippen molar-refractivity contribution in [2.24, 2.45) is 16.8 Å². The first-order chi connectivity index (χ1) is 8.75. The zero-order chi connectivity index (χ0) is 14.6. The Kier molecular flexibility index (Phi) is 5.53. The van der Waals surface area contributed by atoms with Crippen LogP contribution in [-0.2, 0) is 0 Å². The molecule has 1 aromatic rings. The molecule has 0 bridgehead atoms.